The fraction of sp³-hybridized carbons (Fsp3) is 0.333. The summed E-state index contributed by atoms with van der Waals surface area (Å²) in [5.74, 6) is 0.530. The molecule has 150 valence electrons. The van der Waals surface area contributed by atoms with Gasteiger partial charge in [-0.2, -0.15) is 4.80 Å². The molecule has 3 aromatic rings. The molecule has 0 radical (unpaired) electrons. The van der Waals surface area contributed by atoms with Crippen LogP contribution in [0.4, 0.5) is 5.69 Å². The average Bonchev–Trinajstić information content (AvgIpc) is 3.25. The Morgan fingerprint density at radius 1 is 1.03 bits per heavy atom. The van der Waals surface area contributed by atoms with Crippen molar-refractivity contribution in [2.24, 2.45) is 0 Å². The molecule has 4 rings (SSSR count). The molecular formula is C21H23ClN6O. The van der Waals surface area contributed by atoms with E-state index < -0.39 is 6.04 Å². The minimum Gasteiger partial charge on any atom is -0.368 e. The van der Waals surface area contributed by atoms with E-state index in [1.165, 1.54) is 10.5 Å². The van der Waals surface area contributed by atoms with Crippen molar-refractivity contribution in [1.29, 1.82) is 0 Å². The molecular weight excluding hydrogens is 388 g/mol. The molecule has 1 unspecified atom stereocenters. The number of halogens is 1. The molecule has 1 fully saturated rings. The first-order chi connectivity index (χ1) is 14.2. The Labute approximate surface area is 174 Å². The van der Waals surface area contributed by atoms with Crippen molar-refractivity contribution in [3.05, 3.63) is 59.6 Å². The normalized spacial score (nSPS) is 15.4. The molecule has 1 atom stereocenters. The van der Waals surface area contributed by atoms with E-state index in [9.17, 15) is 4.79 Å². The van der Waals surface area contributed by atoms with Gasteiger partial charge in [0.1, 0.15) is 0 Å². The number of anilines is 1. The second kappa shape index (κ2) is 8.61. The minimum atomic E-state index is -0.452. The van der Waals surface area contributed by atoms with Crippen LogP contribution in [0.5, 0.6) is 0 Å². The molecule has 0 N–H and O–H groups in total. The van der Waals surface area contributed by atoms with Gasteiger partial charge in [-0.05, 0) is 48.0 Å². The molecule has 1 aromatic heterocycles. The predicted molar refractivity (Wildman–Crippen MR) is 113 cm³/mol. The number of tetrazole rings is 1. The van der Waals surface area contributed by atoms with Gasteiger partial charge in [-0.3, -0.25) is 4.79 Å². The van der Waals surface area contributed by atoms with Gasteiger partial charge in [0.2, 0.25) is 11.7 Å². The van der Waals surface area contributed by atoms with E-state index in [1.54, 1.807) is 12.1 Å². The van der Waals surface area contributed by atoms with Crippen molar-refractivity contribution in [3.63, 3.8) is 0 Å². The van der Waals surface area contributed by atoms with Gasteiger partial charge >= 0.3 is 0 Å². The lowest BCUT2D eigenvalue weighted by atomic mass is 10.1. The van der Waals surface area contributed by atoms with Gasteiger partial charge in [0.25, 0.3) is 0 Å². The summed E-state index contributed by atoms with van der Waals surface area (Å²) >= 11 is 5.94. The zero-order valence-corrected chi connectivity index (χ0v) is 17.0. The first kappa shape index (κ1) is 19.4. The number of amides is 1. The number of benzene rings is 2. The lowest BCUT2D eigenvalue weighted by Crippen LogP contribution is -2.50. The monoisotopic (exact) mass is 410 g/mol. The van der Waals surface area contributed by atoms with Crippen LogP contribution >= 0.6 is 11.6 Å². The van der Waals surface area contributed by atoms with Crippen LogP contribution in [-0.4, -0.2) is 57.2 Å². The number of rotatable bonds is 5. The fourth-order valence-electron chi connectivity index (χ4n) is 3.54. The standard InChI is InChI=1S/C21H23ClN6O/c1-2-19(28-24-20(23-25-28)16-8-10-17(22)11-9-16)21(29)27-14-12-26(13-15-27)18-6-4-3-5-7-18/h3-11,19H,2,12-15H2,1H3. The van der Waals surface area contributed by atoms with Crippen LogP contribution in [-0.2, 0) is 4.79 Å². The third-order valence-electron chi connectivity index (χ3n) is 5.19. The lowest BCUT2D eigenvalue weighted by molar-refractivity contribution is -0.135. The van der Waals surface area contributed by atoms with Gasteiger partial charge in [0.15, 0.2) is 6.04 Å². The van der Waals surface area contributed by atoms with E-state index in [2.05, 4.69) is 32.4 Å². The van der Waals surface area contributed by atoms with Crippen molar-refractivity contribution in [2.45, 2.75) is 19.4 Å². The number of hydrogen-bond donors (Lipinski definition) is 0. The average molecular weight is 411 g/mol. The predicted octanol–water partition coefficient (Wildman–Crippen LogP) is 3.29. The van der Waals surface area contributed by atoms with E-state index in [-0.39, 0.29) is 5.91 Å². The van der Waals surface area contributed by atoms with E-state index in [0.717, 1.165) is 18.7 Å². The maximum atomic E-state index is 13.1. The number of carbonyl (C=O) groups excluding carboxylic acids is 1. The fourth-order valence-corrected chi connectivity index (χ4v) is 3.67. The van der Waals surface area contributed by atoms with Crippen LogP contribution in [0.2, 0.25) is 5.02 Å². The molecule has 2 heterocycles. The molecule has 1 aliphatic heterocycles. The molecule has 0 bridgehead atoms. The Balaban J connectivity index is 1.43. The number of carbonyl (C=O) groups is 1. The number of para-hydroxylation sites is 1. The summed E-state index contributed by atoms with van der Waals surface area (Å²) in [6.07, 6.45) is 0.605. The summed E-state index contributed by atoms with van der Waals surface area (Å²) in [7, 11) is 0. The van der Waals surface area contributed by atoms with Crippen LogP contribution in [0.25, 0.3) is 11.4 Å². The number of hydrogen-bond acceptors (Lipinski definition) is 5. The molecule has 8 heteroatoms. The second-order valence-corrected chi connectivity index (χ2v) is 7.45. The highest BCUT2D eigenvalue weighted by Gasteiger charge is 2.29. The van der Waals surface area contributed by atoms with E-state index in [1.807, 2.05) is 42.2 Å². The molecule has 0 aliphatic carbocycles. The summed E-state index contributed by atoms with van der Waals surface area (Å²) in [5, 5.41) is 13.4. The second-order valence-electron chi connectivity index (χ2n) is 7.01. The zero-order chi connectivity index (χ0) is 20.2. The summed E-state index contributed by atoms with van der Waals surface area (Å²) < 4.78 is 0. The minimum absolute atomic E-state index is 0.0419. The maximum absolute atomic E-state index is 13.1. The van der Waals surface area contributed by atoms with Gasteiger partial charge < -0.3 is 9.80 Å². The molecule has 29 heavy (non-hydrogen) atoms. The number of nitrogens with zero attached hydrogens (tertiary/aromatic N) is 6. The highest BCUT2D eigenvalue weighted by atomic mass is 35.5. The van der Waals surface area contributed by atoms with Gasteiger partial charge in [0.05, 0.1) is 0 Å². The van der Waals surface area contributed by atoms with Gasteiger partial charge in [-0.1, -0.05) is 36.7 Å². The number of aromatic nitrogens is 4. The van der Waals surface area contributed by atoms with Crippen molar-refractivity contribution >= 4 is 23.2 Å². The maximum Gasteiger partial charge on any atom is 0.249 e. The van der Waals surface area contributed by atoms with E-state index in [0.29, 0.717) is 30.4 Å². The van der Waals surface area contributed by atoms with Crippen molar-refractivity contribution < 1.29 is 4.79 Å². The summed E-state index contributed by atoms with van der Waals surface area (Å²) in [4.78, 5) is 18.8. The smallest absolute Gasteiger partial charge is 0.249 e. The van der Waals surface area contributed by atoms with E-state index >= 15 is 0 Å². The Kier molecular flexibility index (Phi) is 5.76. The van der Waals surface area contributed by atoms with Gasteiger partial charge in [-0.25, -0.2) is 0 Å². The Bertz CT molecular complexity index is 951. The number of piperazine rings is 1. The largest absolute Gasteiger partial charge is 0.368 e. The summed E-state index contributed by atoms with van der Waals surface area (Å²) in [6, 6.07) is 17.1. The first-order valence-electron chi connectivity index (χ1n) is 9.80. The molecule has 7 nitrogen and oxygen atoms in total. The van der Waals surface area contributed by atoms with Crippen LogP contribution in [0.1, 0.15) is 19.4 Å². The van der Waals surface area contributed by atoms with Crippen LogP contribution < -0.4 is 4.90 Å². The molecule has 2 aromatic carbocycles. The first-order valence-corrected chi connectivity index (χ1v) is 10.2. The van der Waals surface area contributed by atoms with Crippen LogP contribution in [0.3, 0.4) is 0 Å². The SMILES string of the molecule is CCC(C(=O)N1CCN(c2ccccc2)CC1)n1nnc(-c2ccc(Cl)cc2)n1. The zero-order valence-electron chi connectivity index (χ0n) is 16.3. The molecule has 1 aliphatic rings. The lowest BCUT2D eigenvalue weighted by Gasteiger charge is -2.37. The quantitative estimate of drug-likeness (QED) is 0.645. The topological polar surface area (TPSA) is 67.2 Å². The third kappa shape index (κ3) is 4.24. The Hall–Kier alpha value is -2.93. The summed E-state index contributed by atoms with van der Waals surface area (Å²) in [6.45, 7) is 4.96. The van der Waals surface area contributed by atoms with Crippen LogP contribution in [0.15, 0.2) is 54.6 Å². The summed E-state index contributed by atoms with van der Waals surface area (Å²) in [5.41, 5.74) is 2.01. The Morgan fingerprint density at radius 3 is 2.38 bits per heavy atom. The van der Waals surface area contributed by atoms with Crippen molar-refractivity contribution in [3.8, 4) is 11.4 Å². The molecule has 1 amide bonds. The molecule has 0 saturated carbocycles. The highest BCUT2D eigenvalue weighted by Crippen LogP contribution is 2.21. The van der Waals surface area contributed by atoms with Crippen molar-refractivity contribution in [1.82, 2.24) is 25.1 Å². The van der Waals surface area contributed by atoms with Gasteiger partial charge in [-0.15, -0.1) is 10.2 Å². The van der Waals surface area contributed by atoms with Gasteiger partial charge in [0, 0.05) is 42.5 Å². The van der Waals surface area contributed by atoms with Crippen molar-refractivity contribution in [2.75, 3.05) is 31.1 Å². The van der Waals surface area contributed by atoms with Crippen LogP contribution in [0, 0.1) is 0 Å². The molecule has 0 spiro atoms. The highest BCUT2D eigenvalue weighted by molar-refractivity contribution is 6.30. The Morgan fingerprint density at radius 2 is 1.72 bits per heavy atom. The third-order valence-corrected chi connectivity index (χ3v) is 5.45. The molecule has 1 saturated heterocycles. The van der Waals surface area contributed by atoms with E-state index in [4.69, 9.17) is 11.6 Å².